The third-order valence-corrected chi connectivity index (χ3v) is 10.5. The summed E-state index contributed by atoms with van der Waals surface area (Å²) in [6.45, 7) is 7.05. The Bertz CT molecular complexity index is 2010. The average molecular weight is 795 g/mol. The van der Waals surface area contributed by atoms with Crippen LogP contribution in [0, 0.1) is 10.4 Å². The molecule has 0 amide bonds. The fraction of sp³-hybridized carbons (Fsp3) is 0.227. The molecule has 58 heavy (non-hydrogen) atoms. The first-order valence-electron chi connectivity index (χ1n) is 18.1. The number of pyridine rings is 2. The molecule has 4 aromatic carbocycles. The van der Waals surface area contributed by atoms with Crippen molar-refractivity contribution in [3.05, 3.63) is 153 Å². The number of fused-ring (bicyclic) bond motifs is 8. The Morgan fingerprint density at radius 3 is 0.690 bits per heavy atom. The van der Waals surface area contributed by atoms with E-state index in [1.54, 1.807) is 90.4 Å². The molecule has 1 aliphatic carbocycles. The van der Waals surface area contributed by atoms with Gasteiger partial charge in [0.2, 0.25) is 0 Å². The van der Waals surface area contributed by atoms with Gasteiger partial charge in [-0.1, -0.05) is 27.7 Å². The zero-order valence-electron chi connectivity index (χ0n) is 32.7. The van der Waals surface area contributed by atoms with Crippen LogP contribution < -0.4 is 18.9 Å². The Morgan fingerprint density at radius 1 is 0.362 bits per heavy atom. The first-order valence-corrected chi connectivity index (χ1v) is 18.1. The summed E-state index contributed by atoms with van der Waals surface area (Å²) in [5.41, 5.74) is 3.17. The van der Waals surface area contributed by atoms with Gasteiger partial charge in [-0.25, -0.2) is 0 Å². The van der Waals surface area contributed by atoms with Crippen LogP contribution in [0.2, 0.25) is 0 Å². The van der Waals surface area contributed by atoms with Gasteiger partial charge in [0.1, 0.15) is 57.5 Å². The number of aromatic hydroxyl groups is 8. The van der Waals surface area contributed by atoms with Crippen LogP contribution in [-0.4, -0.2) is 55.1 Å². The van der Waals surface area contributed by atoms with Gasteiger partial charge in [-0.2, -0.15) is 9.46 Å². The molecule has 14 heteroatoms. The van der Waals surface area contributed by atoms with Crippen molar-refractivity contribution in [3.8, 4) is 57.5 Å². The summed E-state index contributed by atoms with van der Waals surface area (Å²) in [5.74, 6) is -2.60. The largest absolute Gasteiger partial charge is 0.619 e. The summed E-state index contributed by atoms with van der Waals surface area (Å²) in [6.07, 6.45) is 5.55. The van der Waals surface area contributed by atoms with Gasteiger partial charge in [-0.05, 0) is 24.3 Å². The van der Waals surface area contributed by atoms with Crippen molar-refractivity contribution in [3.63, 3.8) is 0 Å². The van der Waals surface area contributed by atoms with E-state index in [-0.39, 0.29) is 46.0 Å². The van der Waals surface area contributed by atoms with Gasteiger partial charge in [-0.3, -0.25) is 0 Å². The van der Waals surface area contributed by atoms with Crippen LogP contribution >= 0.6 is 0 Å². The standard InChI is InChI=1S/C32H32O8.2C6H7NO2/c1-13-17-5-19(27(35)9-25(17)33)14(2)21-7-23(31(39)11-29(21)37)16(4)24-8-22(30(38)12-32(24)40)15(3)20-6-18(13)26(34)10-28(20)36;2*1-9-6-2-4-7(8)5-3-6/h5-16,33-40H,1-4H3;2*2-5H,1H3. The van der Waals surface area contributed by atoms with Crippen molar-refractivity contribution < 1.29 is 59.8 Å². The van der Waals surface area contributed by atoms with Crippen molar-refractivity contribution in [1.29, 1.82) is 0 Å². The van der Waals surface area contributed by atoms with Crippen LogP contribution in [0.4, 0.5) is 0 Å². The lowest BCUT2D eigenvalue weighted by molar-refractivity contribution is -0.605. The van der Waals surface area contributed by atoms with E-state index < -0.39 is 23.7 Å². The van der Waals surface area contributed by atoms with Gasteiger partial charge in [0.15, 0.2) is 24.8 Å². The van der Waals surface area contributed by atoms with Gasteiger partial charge < -0.3 is 60.7 Å². The third kappa shape index (κ3) is 8.76. The van der Waals surface area contributed by atoms with Crippen LogP contribution in [0.15, 0.2) is 97.6 Å². The Morgan fingerprint density at radius 2 is 0.534 bits per heavy atom. The van der Waals surface area contributed by atoms with E-state index in [0.29, 0.717) is 65.5 Å². The Kier molecular flexibility index (Phi) is 12.5. The highest BCUT2D eigenvalue weighted by atomic mass is 16.5. The smallest absolute Gasteiger partial charge is 0.184 e. The fourth-order valence-corrected chi connectivity index (χ4v) is 6.96. The monoisotopic (exact) mass is 794 g/mol. The van der Waals surface area contributed by atoms with E-state index in [4.69, 9.17) is 9.47 Å². The van der Waals surface area contributed by atoms with Crippen LogP contribution in [0.5, 0.6) is 57.5 Å². The molecule has 304 valence electrons. The number of hydrogen-bond acceptors (Lipinski definition) is 12. The topological polar surface area (TPSA) is 234 Å². The number of methoxy groups -OCH3 is 2. The molecule has 0 fully saturated rings. The predicted molar refractivity (Wildman–Crippen MR) is 213 cm³/mol. The minimum absolute atomic E-state index is 0.200. The molecule has 0 aliphatic heterocycles. The molecule has 1 aliphatic rings. The van der Waals surface area contributed by atoms with E-state index in [1.165, 1.54) is 49.1 Å². The molecule has 0 unspecified atom stereocenters. The normalized spacial score (nSPS) is 16.8. The molecular weight excluding hydrogens is 748 g/mol. The number of phenolic OH excluding ortho intramolecular Hbond substituents is 8. The number of ether oxygens (including phenoxy) is 2. The number of benzene rings is 4. The van der Waals surface area contributed by atoms with E-state index in [9.17, 15) is 51.3 Å². The van der Waals surface area contributed by atoms with Gasteiger partial charge in [-0.15, -0.1) is 0 Å². The molecule has 0 radical (unpaired) electrons. The molecule has 0 atom stereocenters. The van der Waals surface area contributed by atoms with Gasteiger partial charge in [0.05, 0.1) is 14.2 Å². The van der Waals surface area contributed by atoms with Gasteiger partial charge in [0.25, 0.3) is 0 Å². The lowest BCUT2D eigenvalue weighted by atomic mass is 9.81. The van der Waals surface area contributed by atoms with Crippen LogP contribution in [0.25, 0.3) is 0 Å². The highest BCUT2D eigenvalue weighted by Gasteiger charge is 2.29. The molecule has 0 spiro atoms. The lowest BCUT2D eigenvalue weighted by Crippen LogP contribution is -2.23. The summed E-state index contributed by atoms with van der Waals surface area (Å²) in [6, 6.07) is 17.7. The molecule has 6 aromatic rings. The lowest BCUT2D eigenvalue weighted by Gasteiger charge is -2.25. The van der Waals surface area contributed by atoms with Gasteiger partial charge in [0, 0.05) is 117 Å². The number of hydrogen-bond donors (Lipinski definition) is 8. The fourth-order valence-electron chi connectivity index (χ4n) is 6.96. The maximum atomic E-state index is 10.8. The van der Waals surface area contributed by atoms with E-state index in [2.05, 4.69) is 0 Å². The molecule has 8 bridgehead atoms. The minimum atomic E-state index is -0.598. The number of aromatic nitrogens is 2. The molecule has 0 saturated heterocycles. The van der Waals surface area contributed by atoms with Crippen molar-refractivity contribution in [2.75, 3.05) is 14.2 Å². The third-order valence-electron chi connectivity index (χ3n) is 10.5. The summed E-state index contributed by atoms with van der Waals surface area (Å²) in [4.78, 5) is 0. The predicted octanol–water partition coefficient (Wildman–Crippen LogP) is 6.91. The Hall–Kier alpha value is -7.22. The van der Waals surface area contributed by atoms with Crippen LogP contribution in [0.1, 0.15) is 95.9 Å². The molecular formula is C44H46N2O12. The van der Waals surface area contributed by atoms with Crippen LogP contribution in [0.3, 0.4) is 0 Å². The quantitative estimate of drug-likeness (QED) is 0.0660. The highest BCUT2D eigenvalue weighted by molar-refractivity contribution is 5.61. The van der Waals surface area contributed by atoms with Gasteiger partial charge >= 0.3 is 0 Å². The van der Waals surface area contributed by atoms with Crippen molar-refractivity contribution in [1.82, 2.24) is 0 Å². The Labute approximate surface area is 334 Å². The summed E-state index contributed by atoms with van der Waals surface area (Å²) in [5, 5.41) is 107. The molecule has 7 rings (SSSR count). The zero-order chi connectivity index (χ0) is 42.6. The van der Waals surface area contributed by atoms with E-state index in [1.807, 2.05) is 0 Å². The number of rotatable bonds is 2. The molecule has 2 heterocycles. The van der Waals surface area contributed by atoms with E-state index >= 15 is 0 Å². The number of phenols is 8. The second-order valence-corrected chi connectivity index (χ2v) is 14.0. The maximum Gasteiger partial charge on any atom is 0.184 e. The summed E-state index contributed by atoms with van der Waals surface area (Å²) in [7, 11) is 3.12. The second kappa shape index (κ2) is 17.3. The molecule has 14 nitrogen and oxygen atoms in total. The minimum Gasteiger partial charge on any atom is -0.619 e. The summed E-state index contributed by atoms with van der Waals surface area (Å²) >= 11 is 0. The van der Waals surface area contributed by atoms with Crippen molar-refractivity contribution in [2.24, 2.45) is 0 Å². The van der Waals surface area contributed by atoms with Crippen molar-refractivity contribution >= 4 is 0 Å². The number of nitrogens with zero attached hydrogens (tertiary/aromatic N) is 2. The average Bonchev–Trinajstić information content (AvgIpc) is 3.18. The molecule has 0 saturated carbocycles. The highest BCUT2D eigenvalue weighted by Crippen LogP contribution is 2.49. The summed E-state index contributed by atoms with van der Waals surface area (Å²) < 4.78 is 11.1. The maximum absolute atomic E-state index is 10.8. The first-order chi connectivity index (χ1) is 27.4. The molecule has 8 N–H and O–H groups in total. The zero-order valence-corrected chi connectivity index (χ0v) is 32.7. The molecule has 2 aromatic heterocycles. The SMILES string of the molecule is CC1c2cc(c(O)cc2O)C(C)c2cc(c(O)cc2O)C(C)c2cc(c(O)cc2O)C(C)c2cc1c(O)cc2O.COc1cc[n+]([O-])cc1.COc1cc[n+]([O-])cc1. The van der Waals surface area contributed by atoms with E-state index in [0.717, 1.165) is 0 Å². The second-order valence-electron chi connectivity index (χ2n) is 14.0. The van der Waals surface area contributed by atoms with Crippen molar-refractivity contribution in [2.45, 2.75) is 51.4 Å². The Balaban J connectivity index is 0.000000291. The first kappa shape index (κ1) is 41.9. The van der Waals surface area contributed by atoms with Crippen LogP contribution in [-0.2, 0) is 0 Å².